The molecule has 0 amide bonds. The minimum absolute atomic E-state index is 0.427. The van der Waals surface area contributed by atoms with E-state index in [1.807, 2.05) is 11.3 Å². The van der Waals surface area contributed by atoms with Gasteiger partial charge in [-0.3, -0.25) is 0 Å². The van der Waals surface area contributed by atoms with Gasteiger partial charge in [-0.1, -0.05) is 146 Å². The molecule has 0 aliphatic heterocycles. The van der Waals surface area contributed by atoms with Gasteiger partial charge in [0.05, 0.1) is 21.5 Å². The molecule has 0 unspecified atom stereocenters. The monoisotopic (exact) mass is 639 g/mol. The molecule has 0 bridgehead atoms. The average Bonchev–Trinajstić information content (AvgIpc) is 3.80. The molecule has 2 heteroatoms. The molecule has 1 spiro atoms. The maximum Gasteiger partial charge on any atom is 0.0726 e. The van der Waals surface area contributed by atoms with Crippen LogP contribution in [0.3, 0.4) is 0 Å². The van der Waals surface area contributed by atoms with Crippen LogP contribution in [0.4, 0.5) is 17.1 Å². The Morgan fingerprint density at radius 1 is 0.388 bits per heavy atom. The minimum Gasteiger partial charge on any atom is -0.308 e. The molecule has 49 heavy (non-hydrogen) atoms. The largest absolute Gasteiger partial charge is 0.308 e. The van der Waals surface area contributed by atoms with Crippen LogP contribution in [-0.4, -0.2) is 0 Å². The van der Waals surface area contributed by atoms with E-state index in [4.69, 9.17) is 0 Å². The van der Waals surface area contributed by atoms with Gasteiger partial charge in [0.1, 0.15) is 0 Å². The van der Waals surface area contributed by atoms with E-state index in [1.54, 1.807) is 0 Å². The lowest BCUT2D eigenvalue weighted by Crippen LogP contribution is -2.26. The van der Waals surface area contributed by atoms with Crippen LogP contribution >= 0.6 is 11.3 Å². The second-order valence-electron chi connectivity index (χ2n) is 13.2. The van der Waals surface area contributed by atoms with Crippen LogP contribution in [-0.2, 0) is 5.41 Å². The van der Waals surface area contributed by atoms with Gasteiger partial charge in [0.15, 0.2) is 0 Å². The summed E-state index contributed by atoms with van der Waals surface area (Å²) in [6, 6.07) is 65.4. The van der Waals surface area contributed by atoms with Crippen molar-refractivity contribution in [2.75, 3.05) is 4.90 Å². The third-order valence-corrected chi connectivity index (χ3v) is 12.1. The van der Waals surface area contributed by atoms with Crippen LogP contribution in [0.25, 0.3) is 53.2 Å². The number of anilines is 3. The van der Waals surface area contributed by atoms with Gasteiger partial charge < -0.3 is 4.90 Å². The molecule has 1 aromatic heterocycles. The predicted molar refractivity (Wildman–Crippen MR) is 208 cm³/mol. The summed E-state index contributed by atoms with van der Waals surface area (Å²) in [6.45, 7) is 0. The lowest BCUT2D eigenvalue weighted by molar-refractivity contribution is 0.794. The van der Waals surface area contributed by atoms with Gasteiger partial charge in [-0.05, 0) is 80.2 Å². The van der Waals surface area contributed by atoms with Gasteiger partial charge in [0.25, 0.3) is 0 Å². The molecule has 11 rings (SSSR count). The number of thiophene rings is 1. The highest BCUT2D eigenvalue weighted by atomic mass is 32.1. The van der Waals surface area contributed by atoms with Crippen molar-refractivity contribution in [2.24, 2.45) is 0 Å². The van der Waals surface area contributed by atoms with Crippen LogP contribution in [0.1, 0.15) is 22.3 Å². The Kier molecular flexibility index (Phi) is 5.53. The third kappa shape index (κ3) is 3.49. The average molecular weight is 640 g/mol. The third-order valence-electron chi connectivity index (χ3n) is 10.9. The molecular formula is C47H29NS. The summed E-state index contributed by atoms with van der Waals surface area (Å²) in [5.41, 5.74) is 13.9. The molecule has 8 aromatic carbocycles. The summed E-state index contributed by atoms with van der Waals surface area (Å²) in [7, 11) is 0. The lowest BCUT2D eigenvalue weighted by Gasteiger charge is -2.33. The second-order valence-corrected chi connectivity index (χ2v) is 14.2. The molecule has 0 saturated carbocycles. The van der Waals surface area contributed by atoms with Gasteiger partial charge in [-0.25, -0.2) is 0 Å². The molecule has 2 aliphatic rings. The van der Waals surface area contributed by atoms with E-state index in [-0.39, 0.29) is 0 Å². The fourth-order valence-electron chi connectivity index (χ4n) is 9.01. The fourth-order valence-corrected chi connectivity index (χ4v) is 10.2. The highest BCUT2D eigenvalue weighted by Crippen LogP contribution is 2.65. The van der Waals surface area contributed by atoms with Crippen LogP contribution in [0.5, 0.6) is 0 Å². The van der Waals surface area contributed by atoms with Crippen molar-refractivity contribution in [1.82, 2.24) is 0 Å². The summed E-state index contributed by atoms with van der Waals surface area (Å²) < 4.78 is 2.61. The maximum atomic E-state index is 2.54. The molecule has 0 fully saturated rings. The van der Waals surface area contributed by atoms with Crippen molar-refractivity contribution in [3.8, 4) is 22.3 Å². The Labute approximate surface area is 289 Å². The second kappa shape index (κ2) is 10.0. The standard InChI is InChI=1S/C47H29NS/c1-2-15-30(16-3-1)48(42-27-14-23-36-34-20-9-13-28-44(34)49-46(36)42)43-29-41-45(35-21-5-4-19-33(35)43)37-22-8-12-26-40(37)47(41)38-24-10-6-17-31(38)32-18-7-11-25-39(32)47/h1-29H. The Morgan fingerprint density at radius 3 is 1.67 bits per heavy atom. The summed E-state index contributed by atoms with van der Waals surface area (Å²) in [5.74, 6) is 0. The first kappa shape index (κ1) is 27.0. The summed E-state index contributed by atoms with van der Waals surface area (Å²) in [5, 5.41) is 5.14. The van der Waals surface area contributed by atoms with Crippen molar-refractivity contribution in [3.05, 3.63) is 198 Å². The van der Waals surface area contributed by atoms with E-state index in [0.29, 0.717) is 0 Å². The number of nitrogens with zero attached hydrogens (tertiary/aromatic N) is 1. The summed E-state index contributed by atoms with van der Waals surface area (Å²) >= 11 is 1.89. The molecule has 0 saturated heterocycles. The maximum absolute atomic E-state index is 2.54. The van der Waals surface area contributed by atoms with Gasteiger partial charge in [0.2, 0.25) is 0 Å². The van der Waals surface area contributed by atoms with Crippen molar-refractivity contribution in [1.29, 1.82) is 0 Å². The van der Waals surface area contributed by atoms with Gasteiger partial charge in [-0.2, -0.15) is 0 Å². The number of hydrogen-bond acceptors (Lipinski definition) is 2. The van der Waals surface area contributed by atoms with Crippen LogP contribution in [0, 0.1) is 0 Å². The Balaban J connectivity index is 1.31. The Bertz CT molecular complexity index is 2740. The first-order valence-corrected chi connectivity index (χ1v) is 17.8. The lowest BCUT2D eigenvalue weighted by atomic mass is 9.70. The molecule has 0 atom stereocenters. The van der Waals surface area contributed by atoms with E-state index in [9.17, 15) is 0 Å². The van der Waals surface area contributed by atoms with Crippen LogP contribution in [0.15, 0.2) is 176 Å². The molecule has 1 heterocycles. The molecule has 228 valence electrons. The highest BCUT2D eigenvalue weighted by molar-refractivity contribution is 7.26. The fraction of sp³-hybridized carbons (Fsp3) is 0.0213. The van der Waals surface area contributed by atoms with E-state index in [1.165, 1.54) is 86.8 Å². The molecule has 0 N–H and O–H groups in total. The van der Waals surface area contributed by atoms with E-state index < -0.39 is 5.41 Å². The zero-order valence-corrected chi connectivity index (χ0v) is 27.4. The normalized spacial score (nSPS) is 13.5. The first-order valence-electron chi connectivity index (χ1n) is 16.9. The number of hydrogen-bond donors (Lipinski definition) is 0. The number of rotatable bonds is 3. The zero-order valence-electron chi connectivity index (χ0n) is 26.6. The summed E-state index contributed by atoms with van der Waals surface area (Å²) in [6.07, 6.45) is 0. The van der Waals surface area contributed by atoms with Gasteiger partial charge in [-0.15, -0.1) is 11.3 Å². The van der Waals surface area contributed by atoms with E-state index in [0.717, 1.165) is 5.69 Å². The molecule has 9 aromatic rings. The predicted octanol–water partition coefficient (Wildman–Crippen LogP) is 13.0. The topological polar surface area (TPSA) is 3.24 Å². The quantitative estimate of drug-likeness (QED) is 0.186. The van der Waals surface area contributed by atoms with Crippen molar-refractivity contribution < 1.29 is 0 Å². The van der Waals surface area contributed by atoms with E-state index >= 15 is 0 Å². The minimum atomic E-state index is -0.427. The Morgan fingerprint density at radius 2 is 0.939 bits per heavy atom. The van der Waals surface area contributed by atoms with Crippen LogP contribution < -0.4 is 4.90 Å². The number of benzene rings is 8. The Hall–Kier alpha value is -5.96. The SMILES string of the molecule is c1ccc(N(c2cc3c(c4ccccc24)-c2ccccc2C32c3ccccc3-c3ccccc32)c2cccc3c2sc2ccccc23)cc1. The van der Waals surface area contributed by atoms with Crippen molar-refractivity contribution in [2.45, 2.75) is 5.41 Å². The first-order chi connectivity index (χ1) is 24.3. The smallest absolute Gasteiger partial charge is 0.0726 e. The number of fused-ring (bicyclic) bond motifs is 15. The molecular weight excluding hydrogens is 611 g/mol. The highest BCUT2D eigenvalue weighted by Gasteiger charge is 2.52. The van der Waals surface area contributed by atoms with Gasteiger partial charge >= 0.3 is 0 Å². The van der Waals surface area contributed by atoms with Crippen molar-refractivity contribution >= 4 is 59.3 Å². The zero-order chi connectivity index (χ0) is 32.1. The molecule has 0 radical (unpaired) electrons. The molecule has 1 nitrogen and oxygen atoms in total. The summed E-state index contributed by atoms with van der Waals surface area (Å²) in [4.78, 5) is 2.52. The number of para-hydroxylation sites is 1. The van der Waals surface area contributed by atoms with Crippen LogP contribution in [0.2, 0.25) is 0 Å². The van der Waals surface area contributed by atoms with Gasteiger partial charge in [0, 0.05) is 26.5 Å². The van der Waals surface area contributed by atoms with E-state index in [2.05, 4.69) is 181 Å². The molecule has 2 aliphatic carbocycles. The van der Waals surface area contributed by atoms with Crippen molar-refractivity contribution in [3.63, 3.8) is 0 Å².